The molecule has 0 aromatic carbocycles. The van der Waals surface area contributed by atoms with Gasteiger partial charge in [0.1, 0.15) is 6.04 Å². The van der Waals surface area contributed by atoms with Crippen LogP contribution in [0, 0.1) is 11.3 Å². The van der Waals surface area contributed by atoms with Gasteiger partial charge in [0.25, 0.3) is 0 Å². The van der Waals surface area contributed by atoms with Gasteiger partial charge in [-0.3, -0.25) is 9.59 Å². The minimum Gasteiger partial charge on any atom is -0.368 e. The van der Waals surface area contributed by atoms with Gasteiger partial charge >= 0.3 is 0 Å². The molecule has 100 valence electrons. The van der Waals surface area contributed by atoms with Gasteiger partial charge in [-0.05, 0) is 50.6 Å². The van der Waals surface area contributed by atoms with Crippen LogP contribution in [0.1, 0.15) is 32.1 Å². The maximum absolute atomic E-state index is 12.5. The molecule has 3 aliphatic rings. The summed E-state index contributed by atoms with van der Waals surface area (Å²) in [7, 11) is 0. The normalized spacial score (nSPS) is 33.7. The van der Waals surface area contributed by atoms with Gasteiger partial charge in [-0.25, -0.2) is 0 Å². The van der Waals surface area contributed by atoms with E-state index in [1.54, 1.807) is 4.90 Å². The summed E-state index contributed by atoms with van der Waals surface area (Å²) in [6.45, 7) is 2.74. The molecule has 3 N–H and O–H groups in total. The molecule has 3 fully saturated rings. The molecule has 2 amide bonds. The average Bonchev–Trinajstić information content (AvgIpc) is 2.86. The lowest BCUT2D eigenvalue weighted by molar-refractivity contribution is -0.139. The van der Waals surface area contributed by atoms with E-state index in [1.165, 1.54) is 0 Å². The van der Waals surface area contributed by atoms with Gasteiger partial charge in [-0.2, -0.15) is 0 Å². The predicted octanol–water partition coefficient (Wildman–Crippen LogP) is -0.148. The largest absolute Gasteiger partial charge is 0.368 e. The number of primary amides is 1. The molecule has 1 spiro atoms. The van der Waals surface area contributed by atoms with Gasteiger partial charge < -0.3 is 16.0 Å². The minimum absolute atomic E-state index is 0.152. The molecule has 0 aromatic heterocycles. The van der Waals surface area contributed by atoms with E-state index in [-0.39, 0.29) is 29.2 Å². The Morgan fingerprint density at radius 2 is 2.00 bits per heavy atom. The Morgan fingerprint density at radius 3 is 2.67 bits per heavy atom. The van der Waals surface area contributed by atoms with Crippen LogP contribution in [0.4, 0.5) is 0 Å². The van der Waals surface area contributed by atoms with Gasteiger partial charge in [0.05, 0.1) is 0 Å². The fourth-order valence-corrected chi connectivity index (χ4v) is 3.70. The zero-order chi connectivity index (χ0) is 12.8. The molecule has 0 radical (unpaired) electrons. The van der Waals surface area contributed by atoms with Crippen LogP contribution in [0.25, 0.3) is 0 Å². The number of carbonyl (C=O) groups is 2. The van der Waals surface area contributed by atoms with Crippen molar-refractivity contribution in [3.63, 3.8) is 0 Å². The Hall–Kier alpha value is -1.10. The first-order chi connectivity index (χ1) is 8.64. The van der Waals surface area contributed by atoms with E-state index in [9.17, 15) is 9.59 Å². The first-order valence-electron chi connectivity index (χ1n) is 6.95. The van der Waals surface area contributed by atoms with Crippen molar-refractivity contribution >= 4 is 11.8 Å². The second kappa shape index (κ2) is 4.23. The third-order valence-electron chi connectivity index (χ3n) is 4.95. The van der Waals surface area contributed by atoms with E-state index in [1.807, 2.05) is 0 Å². The second-order valence-corrected chi connectivity index (χ2v) is 5.96. The topological polar surface area (TPSA) is 75.4 Å². The Bertz CT molecular complexity index is 376. The molecule has 5 nitrogen and oxygen atoms in total. The van der Waals surface area contributed by atoms with E-state index in [2.05, 4.69) is 5.32 Å². The molecule has 2 atom stereocenters. The standard InChI is InChI=1S/C13H21N3O2/c14-11(17)10-2-1-7-16(10)12(18)9-8-13(9)3-5-15-6-4-13/h9-10,15H,1-8H2,(H2,14,17). The maximum atomic E-state index is 12.5. The number of hydrogen-bond donors (Lipinski definition) is 2. The minimum atomic E-state index is -0.350. The first-order valence-corrected chi connectivity index (χ1v) is 6.95. The summed E-state index contributed by atoms with van der Waals surface area (Å²) < 4.78 is 0. The molecule has 3 rings (SSSR count). The number of carbonyl (C=O) groups excluding carboxylic acids is 2. The highest BCUT2D eigenvalue weighted by Crippen LogP contribution is 2.59. The zero-order valence-electron chi connectivity index (χ0n) is 10.7. The summed E-state index contributed by atoms with van der Waals surface area (Å²) >= 11 is 0. The molecule has 1 aliphatic carbocycles. The molecule has 0 bridgehead atoms. The van der Waals surface area contributed by atoms with Crippen molar-refractivity contribution in [2.75, 3.05) is 19.6 Å². The van der Waals surface area contributed by atoms with Crippen LogP contribution < -0.4 is 11.1 Å². The average molecular weight is 251 g/mol. The van der Waals surface area contributed by atoms with Crippen LogP contribution in [-0.4, -0.2) is 42.4 Å². The predicted molar refractivity (Wildman–Crippen MR) is 66.6 cm³/mol. The maximum Gasteiger partial charge on any atom is 0.240 e. The van der Waals surface area contributed by atoms with E-state index in [0.717, 1.165) is 45.2 Å². The number of nitrogens with one attached hydrogen (secondary N) is 1. The van der Waals surface area contributed by atoms with E-state index >= 15 is 0 Å². The lowest BCUT2D eigenvalue weighted by Crippen LogP contribution is -2.45. The Morgan fingerprint density at radius 1 is 1.28 bits per heavy atom. The quantitative estimate of drug-likeness (QED) is 0.717. The lowest BCUT2D eigenvalue weighted by atomic mass is 9.91. The van der Waals surface area contributed by atoms with Crippen molar-refractivity contribution in [3.8, 4) is 0 Å². The number of hydrogen-bond acceptors (Lipinski definition) is 3. The fourth-order valence-electron chi connectivity index (χ4n) is 3.70. The third kappa shape index (κ3) is 1.81. The summed E-state index contributed by atoms with van der Waals surface area (Å²) in [6.07, 6.45) is 4.84. The Kier molecular flexibility index (Phi) is 2.81. The zero-order valence-corrected chi connectivity index (χ0v) is 10.7. The highest BCUT2D eigenvalue weighted by molar-refractivity contribution is 5.90. The SMILES string of the molecule is NC(=O)C1CCCN1C(=O)C1CC12CCNCC2. The van der Waals surface area contributed by atoms with Crippen molar-refractivity contribution in [1.29, 1.82) is 0 Å². The Labute approximate surface area is 107 Å². The number of likely N-dealkylation sites (tertiary alicyclic amines) is 1. The molecular weight excluding hydrogens is 230 g/mol. The number of nitrogens with two attached hydrogens (primary N) is 1. The van der Waals surface area contributed by atoms with E-state index in [4.69, 9.17) is 5.73 Å². The Balaban J connectivity index is 1.67. The molecule has 2 saturated heterocycles. The molecule has 2 heterocycles. The second-order valence-electron chi connectivity index (χ2n) is 5.96. The summed E-state index contributed by atoms with van der Waals surface area (Å²) in [4.78, 5) is 25.6. The number of rotatable bonds is 2. The highest BCUT2D eigenvalue weighted by atomic mass is 16.2. The highest BCUT2D eigenvalue weighted by Gasteiger charge is 2.59. The van der Waals surface area contributed by atoms with Crippen LogP contribution in [0.5, 0.6) is 0 Å². The fraction of sp³-hybridized carbons (Fsp3) is 0.846. The smallest absolute Gasteiger partial charge is 0.240 e. The van der Waals surface area contributed by atoms with Crippen LogP contribution in [0.15, 0.2) is 0 Å². The van der Waals surface area contributed by atoms with Crippen LogP contribution in [0.3, 0.4) is 0 Å². The van der Waals surface area contributed by atoms with Gasteiger partial charge in [0.15, 0.2) is 0 Å². The molecule has 18 heavy (non-hydrogen) atoms. The molecular formula is C13H21N3O2. The number of amides is 2. The van der Waals surface area contributed by atoms with Crippen molar-refractivity contribution < 1.29 is 9.59 Å². The van der Waals surface area contributed by atoms with Gasteiger partial charge in [0, 0.05) is 12.5 Å². The molecule has 2 aliphatic heterocycles. The summed E-state index contributed by atoms with van der Waals surface area (Å²) in [5, 5.41) is 3.34. The van der Waals surface area contributed by atoms with Gasteiger partial charge in [-0.1, -0.05) is 0 Å². The van der Waals surface area contributed by atoms with Crippen LogP contribution in [0.2, 0.25) is 0 Å². The summed E-state index contributed by atoms with van der Waals surface area (Å²) in [5.41, 5.74) is 5.62. The number of piperidine rings is 1. The van der Waals surface area contributed by atoms with Crippen molar-refractivity contribution in [1.82, 2.24) is 10.2 Å². The van der Waals surface area contributed by atoms with Gasteiger partial charge in [0.2, 0.25) is 11.8 Å². The van der Waals surface area contributed by atoms with Crippen LogP contribution in [-0.2, 0) is 9.59 Å². The van der Waals surface area contributed by atoms with Crippen LogP contribution >= 0.6 is 0 Å². The molecule has 2 unspecified atom stereocenters. The van der Waals surface area contributed by atoms with Crippen molar-refractivity contribution in [2.45, 2.75) is 38.1 Å². The summed E-state index contributed by atoms with van der Waals surface area (Å²) in [6, 6.07) is -0.350. The van der Waals surface area contributed by atoms with Gasteiger partial charge in [-0.15, -0.1) is 0 Å². The monoisotopic (exact) mass is 251 g/mol. The summed E-state index contributed by atoms with van der Waals surface area (Å²) in [5.74, 6) is -0.0152. The molecule has 0 aromatic rings. The molecule has 1 saturated carbocycles. The lowest BCUT2D eigenvalue weighted by Gasteiger charge is -2.27. The first kappa shape index (κ1) is 12.0. The number of nitrogens with zero attached hydrogens (tertiary/aromatic N) is 1. The van der Waals surface area contributed by atoms with Crippen molar-refractivity contribution in [3.05, 3.63) is 0 Å². The van der Waals surface area contributed by atoms with E-state index in [0.29, 0.717) is 6.54 Å². The third-order valence-corrected chi connectivity index (χ3v) is 4.95. The molecule has 5 heteroatoms. The van der Waals surface area contributed by atoms with Crippen molar-refractivity contribution in [2.24, 2.45) is 17.1 Å². The van der Waals surface area contributed by atoms with E-state index < -0.39 is 0 Å².